The number of pyridine rings is 1. The van der Waals surface area contributed by atoms with E-state index in [0.717, 1.165) is 49.6 Å². The third-order valence-corrected chi connectivity index (χ3v) is 8.48. The highest BCUT2D eigenvalue weighted by atomic mass is 16.3. The van der Waals surface area contributed by atoms with Crippen molar-refractivity contribution in [3.8, 4) is 33.8 Å². The number of nitrogens with zero attached hydrogens (tertiary/aromatic N) is 2. The van der Waals surface area contributed by atoms with Crippen LogP contribution < -0.4 is 0 Å². The zero-order chi connectivity index (χ0) is 28.3. The van der Waals surface area contributed by atoms with Crippen molar-refractivity contribution in [3.05, 3.63) is 146 Å². The number of aromatic nitrogens is 2. The minimum absolute atomic E-state index is 0.623. The molecule has 9 aromatic rings. The Labute approximate surface area is 247 Å². The quantitative estimate of drug-likeness (QED) is 0.206. The number of hydrogen-bond donors (Lipinski definition) is 0. The molecule has 0 unspecified atom stereocenters. The van der Waals surface area contributed by atoms with E-state index < -0.39 is 0 Å². The van der Waals surface area contributed by atoms with E-state index in [9.17, 15) is 0 Å². The van der Waals surface area contributed by atoms with Crippen molar-refractivity contribution in [2.45, 2.75) is 0 Å². The third-order valence-electron chi connectivity index (χ3n) is 8.48. The summed E-state index contributed by atoms with van der Waals surface area (Å²) < 4.78 is 6.26. The highest BCUT2D eigenvalue weighted by Gasteiger charge is 2.18. The van der Waals surface area contributed by atoms with Gasteiger partial charge in [0.2, 0.25) is 5.89 Å². The van der Waals surface area contributed by atoms with Crippen molar-refractivity contribution in [1.29, 1.82) is 0 Å². The summed E-state index contributed by atoms with van der Waals surface area (Å²) in [5, 5.41) is 8.24. The van der Waals surface area contributed by atoms with Crippen molar-refractivity contribution in [2.24, 2.45) is 0 Å². The fraction of sp³-hybridized carbons (Fsp3) is 0. The molecule has 0 atom stereocenters. The zero-order valence-electron chi connectivity index (χ0n) is 23.2. The summed E-state index contributed by atoms with van der Waals surface area (Å²) in [5.74, 6) is 0.623. The van der Waals surface area contributed by atoms with E-state index in [1.165, 1.54) is 32.7 Å². The molecule has 0 radical (unpaired) electrons. The summed E-state index contributed by atoms with van der Waals surface area (Å²) in [7, 11) is 0. The Hall–Kier alpha value is -5.80. The first kappa shape index (κ1) is 23.9. The molecule has 0 N–H and O–H groups in total. The van der Waals surface area contributed by atoms with Gasteiger partial charge in [-0.15, -0.1) is 0 Å². The lowest BCUT2D eigenvalue weighted by atomic mass is 9.92. The van der Waals surface area contributed by atoms with Crippen LogP contribution in [0.1, 0.15) is 0 Å². The molecule has 0 aliphatic carbocycles. The second kappa shape index (κ2) is 9.37. The summed E-state index contributed by atoms with van der Waals surface area (Å²) in [6, 6.07) is 50.9. The molecule has 2 heterocycles. The number of fused-ring (bicyclic) bond motifs is 8. The Morgan fingerprint density at radius 3 is 1.95 bits per heavy atom. The average molecular weight is 549 g/mol. The van der Waals surface area contributed by atoms with Gasteiger partial charge in [0.25, 0.3) is 0 Å². The Bertz CT molecular complexity index is 2490. The average Bonchev–Trinajstić information content (AvgIpc) is 3.53. The van der Waals surface area contributed by atoms with Gasteiger partial charge in [0.15, 0.2) is 5.58 Å². The lowest BCUT2D eigenvalue weighted by Gasteiger charge is -2.13. The molecule has 0 fully saturated rings. The molecule has 0 aliphatic heterocycles. The lowest BCUT2D eigenvalue weighted by molar-refractivity contribution is 0.620. The second-order valence-electron chi connectivity index (χ2n) is 11.0. The molecule has 0 saturated heterocycles. The SMILES string of the molecule is c1ccc(-c2nc3c(ccc4c(-c5ccc(-c6cc7ccccc7c7ccccc67)cc5)nc5ccccc5c43)o2)cc1. The molecule has 0 aliphatic rings. The first-order valence-electron chi connectivity index (χ1n) is 14.5. The van der Waals surface area contributed by atoms with Crippen molar-refractivity contribution >= 4 is 54.3 Å². The molecule has 3 heteroatoms. The van der Waals surface area contributed by atoms with Crippen LogP contribution >= 0.6 is 0 Å². The third kappa shape index (κ3) is 3.75. The molecular formula is C40H24N2O. The van der Waals surface area contributed by atoms with Crippen LogP contribution in [0.15, 0.2) is 150 Å². The Balaban J connectivity index is 1.24. The number of hydrogen-bond acceptors (Lipinski definition) is 3. The van der Waals surface area contributed by atoms with E-state index in [4.69, 9.17) is 14.4 Å². The number of oxazole rings is 1. The van der Waals surface area contributed by atoms with Crippen LogP contribution in [0.25, 0.3) is 88.2 Å². The van der Waals surface area contributed by atoms with E-state index >= 15 is 0 Å². The Morgan fingerprint density at radius 1 is 0.442 bits per heavy atom. The molecule has 0 spiro atoms. The minimum Gasteiger partial charge on any atom is -0.436 e. The fourth-order valence-electron chi connectivity index (χ4n) is 6.45. The van der Waals surface area contributed by atoms with E-state index in [1.807, 2.05) is 42.5 Å². The predicted octanol–water partition coefficient (Wildman–Crippen LogP) is 10.8. The number of benzene rings is 7. The molecule has 7 aromatic carbocycles. The summed E-state index contributed by atoms with van der Waals surface area (Å²) >= 11 is 0. The number of rotatable bonds is 3. The summed E-state index contributed by atoms with van der Waals surface area (Å²) in [4.78, 5) is 10.2. The maximum atomic E-state index is 6.26. The van der Waals surface area contributed by atoms with Crippen molar-refractivity contribution in [3.63, 3.8) is 0 Å². The molecule has 0 amide bonds. The van der Waals surface area contributed by atoms with Crippen molar-refractivity contribution < 1.29 is 4.42 Å². The molecular weight excluding hydrogens is 524 g/mol. The van der Waals surface area contributed by atoms with Gasteiger partial charge in [-0.1, -0.05) is 109 Å². The number of para-hydroxylation sites is 1. The van der Waals surface area contributed by atoms with Gasteiger partial charge in [-0.3, -0.25) is 0 Å². The van der Waals surface area contributed by atoms with Crippen LogP contribution in [0.2, 0.25) is 0 Å². The lowest BCUT2D eigenvalue weighted by Crippen LogP contribution is -1.91. The van der Waals surface area contributed by atoms with Gasteiger partial charge in [-0.2, -0.15) is 0 Å². The van der Waals surface area contributed by atoms with E-state index in [2.05, 4.69) is 103 Å². The smallest absolute Gasteiger partial charge is 0.227 e. The molecule has 0 bridgehead atoms. The van der Waals surface area contributed by atoms with Crippen LogP contribution in [0, 0.1) is 0 Å². The topological polar surface area (TPSA) is 38.9 Å². The highest BCUT2D eigenvalue weighted by Crippen LogP contribution is 2.40. The van der Waals surface area contributed by atoms with Crippen molar-refractivity contribution in [2.75, 3.05) is 0 Å². The summed E-state index contributed by atoms with van der Waals surface area (Å²) in [5.41, 5.74) is 7.94. The monoisotopic (exact) mass is 548 g/mol. The van der Waals surface area contributed by atoms with Crippen LogP contribution in [0.4, 0.5) is 0 Å². The van der Waals surface area contributed by atoms with E-state index in [1.54, 1.807) is 0 Å². The zero-order valence-corrected chi connectivity index (χ0v) is 23.2. The predicted molar refractivity (Wildman–Crippen MR) is 178 cm³/mol. The maximum Gasteiger partial charge on any atom is 0.227 e. The molecule has 0 saturated carbocycles. The van der Waals surface area contributed by atoms with Crippen LogP contribution in [0.5, 0.6) is 0 Å². The maximum absolute atomic E-state index is 6.26. The Morgan fingerprint density at radius 2 is 1.12 bits per heavy atom. The first-order chi connectivity index (χ1) is 21.3. The van der Waals surface area contributed by atoms with Crippen LogP contribution in [-0.4, -0.2) is 9.97 Å². The standard InChI is InChI=1S/C40H24N2O/c1-2-10-27(11-3-1)40-42-39-36(43-40)23-22-33-37(39)32-16-8-9-17-35(32)41-38(33)26-20-18-25(19-21-26)34-24-28-12-4-5-13-29(28)30-14-6-7-15-31(30)34/h1-24H. The molecule has 3 nitrogen and oxygen atoms in total. The van der Waals surface area contributed by atoms with Gasteiger partial charge in [0, 0.05) is 27.3 Å². The summed E-state index contributed by atoms with van der Waals surface area (Å²) in [6.07, 6.45) is 0. The van der Waals surface area contributed by atoms with Crippen molar-refractivity contribution in [1.82, 2.24) is 9.97 Å². The molecule has 9 rings (SSSR count). The van der Waals surface area contributed by atoms with Gasteiger partial charge >= 0.3 is 0 Å². The molecule has 2 aromatic heterocycles. The van der Waals surface area contributed by atoms with Gasteiger partial charge in [0.05, 0.1) is 11.2 Å². The van der Waals surface area contributed by atoms with E-state index in [-0.39, 0.29) is 0 Å². The first-order valence-corrected chi connectivity index (χ1v) is 14.5. The van der Waals surface area contributed by atoms with Crippen LogP contribution in [-0.2, 0) is 0 Å². The molecule has 43 heavy (non-hydrogen) atoms. The van der Waals surface area contributed by atoms with Gasteiger partial charge in [-0.25, -0.2) is 9.97 Å². The highest BCUT2D eigenvalue weighted by molar-refractivity contribution is 6.21. The largest absolute Gasteiger partial charge is 0.436 e. The van der Waals surface area contributed by atoms with E-state index in [0.29, 0.717) is 5.89 Å². The Kier molecular flexibility index (Phi) is 5.20. The minimum atomic E-state index is 0.623. The summed E-state index contributed by atoms with van der Waals surface area (Å²) in [6.45, 7) is 0. The van der Waals surface area contributed by atoms with Gasteiger partial charge in [0.1, 0.15) is 5.52 Å². The van der Waals surface area contributed by atoms with Crippen LogP contribution in [0.3, 0.4) is 0 Å². The van der Waals surface area contributed by atoms with Gasteiger partial charge in [-0.05, 0) is 69.1 Å². The second-order valence-corrected chi connectivity index (χ2v) is 11.0. The van der Waals surface area contributed by atoms with Gasteiger partial charge < -0.3 is 4.42 Å². The normalized spacial score (nSPS) is 11.7. The molecule has 200 valence electrons. The fourth-order valence-corrected chi connectivity index (χ4v) is 6.45.